The Balaban J connectivity index is 3.50. The first kappa shape index (κ1) is 18.0. The molecule has 0 radical (unpaired) electrons. The molecule has 7 heteroatoms. The topological polar surface area (TPSA) is 105 Å². The summed E-state index contributed by atoms with van der Waals surface area (Å²) in [4.78, 5) is 10.7. The molecular formula is C12H22O7. The molecule has 0 bridgehead atoms. The smallest absolute Gasteiger partial charge is 0.330 e. The normalized spacial score (nSPS) is 15.6. The number of rotatable bonds is 11. The Hall–Kier alpha value is -0.990. The average molecular weight is 278 g/mol. The highest BCUT2D eigenvalue weighted by Crippen LogP contribution is 1.93. The Labute approximate surface area is 112 Å². The first-order valence-corrected chi connectivity index (χ1v) is 5.94. The van der Waals surface area contributed by atoms with Gasteiger partial charge in [-0.25, -0.2) is 4.79 Å². The number of esters is 1. The molecule has 0 aromatic carbocycles. The molecule has 0 aromatic rings. The van der Waals surface area contributed by atoms with Crippen LogP contribution < -0.4 is 0 Å². The van der Waals surface area contributed by atoms with Crippen molar-refractivity contribution < 1.29 is 34.3 Å². The van der Waals surface area contributed by atoms with Gasteiger partial charge >= 0.3 is 5.97 Å². The number of aliphatic hydroxyl groups excluding tert-OH is 3. The standard InChI is InChI=1S/C12H22O7/c1-3-12(16)19-8-11(15)7-18-6-10(14)5-17-4-9(2)13/h3,9-11,13-15H,1,4-8H2,2H3. The van der Waals surface area contributed by atoms with Crippen molar-refractivity contribution in [2.45, 2.75) is 25.2 Å². The van der Waals surface area contributed by atoms with Gasteiger partial charge < -0.3 is 29.5 Å². The molecule has 0 amide bonds. The Bertz CT molecular complexity index is 254. The molecule has 0 saturated heterocycles. The summed E-state index contributed by atoms with van der Waals surface area (Å²) in [6, 6.07) is 0. The molecule has 19 heavy (non-hydrogen) atoms. The molecule has 0 aliphatic carbocycles. The summed E-state index contributed by atoms with van der Waals surface area (Å²) < 4.78 is 14.6. The van der Waals surface area contributed by atoms with E-state index in [-0.39, 0.29) is 33.0 Å². The van der Waals surface area contributed by atoms with Crippen molar-refractivity contribution in [1.82, 2.24) is 0 Å². The minimum Gasteiger partial charge on any atom is -0.460 e. The fourth-order valence-corrected chi connectivity index (χ4v) is 1.05. The van der Waals surface area contributed by atoms with E-state index in [0.717, 1.165) is 6.08 Å². The summed E-state index contributed by atoms with van der Waals surface area (Å²) in [5.74, 6) is -0.620. The van der Waals surface area contributed by atoms with Gasteiger partial charge in [-0.1, -0.05) is 6.58 Å². The molecule has 0 fully saturated rings. The third kappa shape index (κ3) is 11.8. The zero-order chi connectivity index (χ0) is 14.7. The summed E-state index contributed by atoms with van der Waals surface area (Å²) in [5.41, 5.74) is 0. The lowest BCUT2D eigenvalue weighted by Crippen LogP contribution is -2.28. The monoisotopic (exact) mass is 278 g/mol. The van der Waals surface area contributed by atoms with Crippen LogP contribution in [0, 0.1) is 0 Å². The highest BCUT2D eigenvalue weighted by Gasteiger charge is 2.10. The molecule has 0 saturated carbocycles. The second-order valence-corrected chi connectivity index (χ2v) is 4.07. The van der Waals surface area contributed by atoms with Crippen molar-refractivity contribution in [1.29, 1.82) is 0 Å². The lowest BCUT2D eigenvalue weighted by molar-refractivity contribution is -0.142. The van der Waals surface area contributed by atoms with Gasteiger partial charge in [0, 0.05) is 6.08 Å². The molecule has 0 aliphatic heterocycles. The lowest BCUT2D eigenvalue weighted by atomic mass is 10.4. The summed E-state index contributed by atoms with van der Waals surface area (Å²) in [5, 5.41) is 27.7. The summed E-state index contributed by atoms with van der Waals surface area (Å²) in [6.45, 7) is 4.67. The second kappa shape index (κ2) is 10.9. The highest BCUT2D eigenvalue weighted by atomic mass is 16.6. The fourth-order valence-electron chi connectivity index (χ4n) is 1.05. The SMILES string of the molecule is C=CC(=O)OCC(O)COCC(O)COCC(C)O. The predicted octanol–water partition coefficient (Wildman–Crippen LogP) is -1.15. The predicted molar refractivity (Wildman–Crippen MR) is 66.5 cm³/mol. The fraction of sp³-hybridized carbons (Fsp3) is 0.750. The summed E-state index contributed by atoms with van der Waals surface area (Å²) in [7, 11) is 0. The van der Waals surface area contributed by atoms with Crippen molar-refractivity contribution in [3.63, 3.8) is 0 Å². The molecule has 3 N–H and O–H groups in total. The Morgan fingerprint density at radius 2 is 1.53 bits per heavy atom. The molecule has 7 nitrogen and oxygen atoms in total. The maximum atomic E-state index is 10.7. The van der Waals surface area contributed by atoms with E-state index in [0.29, 0.717) is 0 Å². The van der Waals surface area contributed by atoms with E-state index in [1.807, 2.05) is 0 Å². The number of carbonyl (C=O) groups excluding carboxylic acids is 1. The molecule has 0 aliphatic rings. The average Bonchev–Trinajstić information content (AvgIpc) is 2.35. The van der Waals surface area contributed by atoms with Crippen LogP contribution in [0.2, 0.25) is 0 Å². The number of ether oxygens (including phenoxy) is 3. The van der Waals surface area contributed by atoms with E-state index >= 15 is 0 Å². The van der Waals surface area contributed by atoms with Crippen molar-refractivity contribution in [2.75, 3.05) is 33.0 Å². The van der Waals surface area contributed by atoms with Gasteiger partial charge in [0.25, 0.3) is 0 Å². The van der Waals surface area contributed by atoms with Gasteiger partial charge in [0.1, 0.15) is 18.8 Å². The molecule has 0 aromatic heterocycles. The van der Waals surface area contributed by atoms with Crippen LogP contribution in [0.25, 0.3) is 0 Å². The molecule has 0 heterocycles. The second-order valence-electron chi connectivity index (χ2n) is 4.07. The van der Waals surface area contributed by atoms with Crippen LogP contribution in [0.1, 0.15) is 6.92 Å². The molecule has 0 spiro atoms. The minimum atomic E-state index is -0.963. The Morgan fingerprint density at radius 1 is 1.05 bits per heavy atom. The van der Waals surface area contributed by atoms with Crippen LogP contribution in [-0.2, 0) is 19.0 Å². The quantitative estimate of drug-likeness (QED) is 0.324. The van der Waals surface area contributed by atoms with E-state index in [1.165, 1.54) is 0 Å². The van der Waals surface area contributed by atoms with E-state index in [2.05, 4.69) is 11.3 Å². The van der Waals surface area contributed by atoms with Crippen LogP contribution >= 0.6 is 0 Å². The largest absolute Gasteiger partial charge is 0.460 e. The van der Waals surface area contributed by atoms with E-state index < -0.39 is 24.3 Å². The van der Waals surface area contributed by atoms with Gasteiger partial charge in [-0.3, -0.25) is 0 Å². The lowest BCUT2D eigenvalue weighted by Gasteiger charge is -2.15. The maximum absolute atomic E-state index is 10.7. The Kier molecular flexibility index (Phi) is 10.3. The van der Waals surface area contributed by atoms with Crippen LogP contribution in [0.4, 0.5) is 0 Å². The van der Waals surface area contributed by atoms with Gasteiger partial charge in [-0.15, -0.1) is 0 Å². The van der Waals surface area contributed by atoms with Crippen molar-refractivity contribution in [3.8, 4) is 0 Å². The Morgan fingerprint density at radius 3 is 2.00 bits per heavy atom. The molecule has 112 valence electrons. The summed E-state index contributed by atoms with van der Waals surface area (Å²) >= 11 is 0. The zero-order valence-electron chi connectivity index (χ0n) is 11.0. The molecular weight excluding hydrogens is 256 g/mol. The third-order valence-electron chi connectivity index (χ3n) is 1.87. The van der Waals surface area contributed by atoms with Gasteiger partial charge in [-0.05, 0) is 6.92 Å². The van der Waals surface area contributed by atoms with Crippen LogP contribution in [0.5, 0.6) is 0 Å². The highest BCUT2D eigenvalue weighted by molar-refractivity contribution is 5.81. The minimum absolute atomic E-state index is 0.0216. The number of carbonyl (C=O) groups is 1. The number of hydrogen-bond acceptors (Lipinski definition) is 7. The van der Waals surface area contributed by atoms with E-state index in [4.69, 9.17) is 14.6 Å². The molecule has 0 rings (SSSR count). The van der Waals surface area contributed by atoms with Crippen LogP contribution in [0.3, 0.4) is 0 Å². The molecule has 3 atom stereocenters. The number of hydrogen-bond donors (Lipinski definition) is 3. The van der Waals surface area contributed by atoms with Gasteiger partial charge in [0.05, 0.1) is 32.5 Å². The first-order chi connectivity index (χ1) is 8.95. The third-order valence-corrected chi connectivity index (χ3v) is 1.87. The van der Waals surface area contributed by atoms with Crippen molar-refractivity contribution in [3.05, 3.63) is 12.7 Å². The van der Waals surface area contributed by atoms with Crippen molar-refractivity contribution in [2.24, 2.45) is 0 Å². The number of aliphatic hydroxyl groups is 3. The van der Waals surface area contributed by atoms with Gasteiger partial charge in [-0.2, -0.15) is 0 Å². The van der Waals surface area contributed by atoms with Crippen molar-refractivity contribution >= 4 is 5.97 Å². The van der Waals surface area contributed by atoms with E-state index in [1.54, 1.807) is 6.92 Å². The van der Waals surface area contributed by atoms with E-state index in [9.17, 15) is 15.0 Å². The first-order valence-electron chi connectivity index (χ1n) is 5.94. The van der Waals surface area contributed by atoms with Gasteiger partial charge in [0.2, 0.25) is 0 Å². The maximum Gasteiger partial charge on any atom is 0.330 e. The van der Waals surface area contributed by atoms with Gasteiger partial charge in [0.15, 0.2) is 0 Å². The summed E-state index contributed by atoms with van der Waals surface area (Å²) in [6.07, 6.45) is -1.40. The van der Waals surface area contributed by atoms with Crippen LogP contribution in [-0.4, -0.2) is 72.6 Å². The zero-order valence-corrected chi connectivity index (χ0v) is 11.0. The van der Waals surface area contributed by atoms with Crippen LogP contribution in [0.15, 0.2) is 12.7 Å². The molecule has 3 unspecified atom stereocenters.